The average Bonchev–Trinajstić information content (AvgIpc) is 3.16. The molecule has 0 bridgehead atoms. The monoisotopic (exact) mass is 380 g/mol. The number of nitrogens with zero attached hydrogens (tertiary/aromatic N) is 4. The van der Waals surface area contributed by atoms with Crippen molar-refractivity contribution in [1.29, 1.82) is 0 Å². The second kappa shape index (κ2) is 8.86. The normalized spacial score (nSPS) is 12.1. The van der Waals surface area contributed by atoms with Gasteiger partial charge in [-0.2, -0.15) is 0 Å². The minimum absolute atomic E-state index is 0.0584. The Kier molecular flexibility index (Phi) is 6.29. The standard InChI is InChI=1S/C21H24N4OS/c1-16(2)25(19-12-8-5-9-13-19)20(26)14-27-21-23-22-15-24(21)17(3)18-10-6-4-7-11-18/h4-13,15-17H,14H2,1-3H3/t17-/m0/s1. The van der Waals surface area contributed by atoms with Crippen LogP contribution in [0.25, 0.3) is 0 Å². The van der Waals surface area contributed by atoms with Gasteiger partial charge in [-0.1, -0.05) is 60.3 Å². The van der Waals surface area contributed by atoms with Crippen LogP contribution in [0.2, 0.25) is 0 Å². The molecule has 1 heterocycles. The van der Waals surface area contributed by atoms with Gasteiger partial charge in [0.25, 0.3) is 0 Å². The number of anilines is 1. The first-order chi connectivity index (χ1) is 13.1. The lowest BCUT2D eigenvalue weighted by atomic mass is 10.1. The Morgan fingerprint density at radius 2 is 1.67 bits per heavy atom. The number of rotatable bonds is 7. The highest BCUT2D eigenvalue weighted by molar-refractivity contribution is 7.99. The summed E-state index contributed by atoms with van der Waals surface area (Å²) >= 11 is 1.42. The van der Waals surface area contributed by atoms with Crippen LogP contribution in [0, 0.1) is 0 Å². The van der Waals surface area contributed by atoms with Crippen molar-refractivity contribution >= 4 is 23.4 Å². The number of thioether (sulfide) groups is 1. The van der Waals surface area contributed by atoms with Gasteiger partial charge in [-0.15, -0.1) is 10.2 Å². The van der Waals surface area contributed by atoms with E-state index in [4.69, 9.17) is 0 Å². The lowest BCUT2D eigenvalue weighted by Gasteiger charge is -2.26. The molecule has 0 N–H and O–H groups in total. The lowest BCUT2D eigenvalue weighted by molar-refractivity contribution is -0.116. The fraction of sp³-hybridized carbons (Fsp3) is 0.286. The topological polar surface area (TPSA) is 51.0 Å². The third-order valence-corrected chi connectivity index (χ3v) is 5.33. The van der Waals surface area contributed by atoms with Gasteiger partial charge in [-0.25, -0.2) is 0 Å². The highest BCUT2D eigenvalue weighted by atomic mass is 32.2. The molecule has 1 aromatic heterocycles. The Bertz CT molecular complexity index is 864. The maximum absolute atomic E-state index is 12.9. The summed E-state index contributed by atoms with van der Waals surface area (Å²) in [6.45, 7) is 6.15. The van der Waals surface area contributed by atoms with Crippen LogP contribution < -0.4 is 4.90 Å². The molecular formula is C21H24N4OS. The summed E-state index contributed by atoms with van der Waals surface area (Å²) in [5, 5.41) is 9.02. The predicted molar refractivity (Wildman–Crippen MR) is 110 cm³/mol. The first-order valence-electron chi connectivity index (χ1n) is 9.02. The van der Waals surface area contributed by atoms with Crippen molar-refractivity contribution in [3.63, 3.8) is 0 Å². The van der Waals surface area contributed by atoms with Crippen LogP contribution >= 0.6 is 11.8 Å². The van der Waals surface area contributed by atoms with Crippen molar-refractivity contribution in [2.75, 3.05) is 10.7 Å². The Morgan fingerprint density at radius 3 is 2.30 bits per heavy atom. The van der Waals surface area contributed by atoms with E-state index in [-0.39, 0.29) is 18.0 Å². The van der Waals surface area contributed by atoms with Gasteiger partial charge in [0.2, 0.25) is 5.91 Å². The molecule has 27 heavy (non-hydrogen) atoms. The van der Waals surface area contributed by atoms with Crippen LogP contribution in [-0.4, -0.2) is 32.5 Å². The number of hydrogen-bond acceptors (Lipinski definition) is 4. The van der Waals surface area contributed by atoms with E-state index in [2.05, 4.69) is 29.3 Å². The third kappa shape index (κ3) is 4.57. The third-order valence-electron chi connectivity index (χ3n) is 4.38. The predicted octanol–water partition coefficient (Wildman–Crippen LogP) is 4.42. The second-order valence-corrected chi connectivity index (χ2v) is 7.53. The Hall–Kier alpha value is -2.60. The van der Waals surface area contributed by atoms with E-state index < -0.39 is 0 Å². The SMILES string of the molecule is CC(C)N(C(=O)CSc1nncn1[C@@H](C)c1ccccc1)c1ccccc1. The minimum Gasteiger partial charge on any atom is -0.309 e. The first kappa shape index (κ1) is 19.2. The van der Waals surface area contributed by atoms with Crippen LogP contribution in [0.4, 0.5) is 5.69 Å². The molecule has 0 aliphatic carbocycles. The summed E-state index contributed by atoms with van der Waals surface area (Å²) in [5.41, 5.74) is 2.09. The molecule has 0 fully saturated rings. The van der Waals surface area contributed by atoms with Crippen LogP contribution in [-0.2, 0) is 4.79 Å². The molecule has 0 spiro atoms. The molecule has 0 aliphatic heterocycles. The van der Waals surface area contributed by atoms with Gasteiger partial charge in [0.05, 0.1) is 11.8 Å². The molecule has 0 radical (unpaired) electrons. The maximum atomic E-state index is 12.9. The number of para-hydroxylation sites is 1. The quantitative estimate of drug-likeness (QED) is 0.569. The van der Waals surface area contributed by atoms with E-state index in [0.717, 1.165) is 10.8 Å². The van der Waals surface area contributed by atoms with Crippen molar-refractivity contribution in [2.45, 2.75) is 38.0 Å². The molecule has 0 saturated heterocycles. The highest BCUT2D eigenvalue weighted by Crippen LogP contribution is 2.25. The fourth-order valence-corrected chi connectivity index (χ4v) is 3.86. The molecule has 5 nitrogen and oxygen atoms in total. The molecule has 3 aromatic rings. The Balaban J connectivity index is 1.72. The van der Waals surface area contributed by atoms with E-state index in [0.29, 0.717) is 5.75 Å². The largest absolute Gasteiger partial charge is 0.309 e. The molecule has 6 heteroatoms. The number of hydrogen-bond donors (Lipinski definition) is 0. The van der Waals surface area contributed by atoms with Crippen molar-refractivity contribution in [3.8, 4) is 0 Å². The Morgan fingerprint density at radius 1 is 1.04 bits per heavy atom. The molecular weight excluding hydrogens is 356 g/mol. The first-order valence-corrected chi connectivity index (χ1v) is 10.0. The molecule has 0 unspecified atom stereocenters. The molecule has 0 aliphatic rings. The van der Waals surface area contributed by atoms with Crippen LogP contribution in [0.15, 0.2) is 72.1 Å². The Labute approximate surface area is 164 Å². The number of benzene rings is 2. The zero-order chi connectivity index (χ0) is 19.2. The summed E-state index contributed by atoms with van der Waals surface area (Å²) < 4.78 is 2.01. The highest BCUT2D eigenvalue weighted by Gasteiger charge is 2.21. The summed E-state index contributed by atoms with van der Waals surface area (Å²) in [6, 6.07) is 20.2. The number of carbonyl (C=O) groups excluding carboxylic acids is 1. The molecule has 140 valence electrons. The van der Waals surface area contributed by atoms with Gasteiger partial charge in [-0.3, -0.25) is 4.79 Å². The van der Waals surface area contributed by atoms with Crippen molar-refractivity contribution < 1.29 is 4.79 Å². The van der Waals surface area contributed by atoms with Gasteiger partial charge in [-0.05, 0) is 38.5 Å². The van der Waals surface area contributed by atoms with Crippen molar-refractivity contribution in [3.05, 3.63) is 72.6 Å². The zero-order valence-corrected chi connectivity index (χ0v) is 16.6. The second-order valence-electron chi connectivity index (χ2n) is 6.59. The maximum Gasteiger partial charge on any atom is 0.237 e. The zero-order valence-electron chi connectivity index (χ0n) is 15.8. The smallest absolute Gasteiger partial charge is 0.237 e. The minimum atomic E-state index is 0.0584. The molecule has 0 saturated carbocycles. The van der Waals surface area contributed by atoms with Gasteiger partial charge >= 0.3 is 0 Å². The van der Waals surface area contributed by atoms with E-state index in [1.54, 1.807) is 6.33 Å². The molecule has 1 amide bonds. The van der Waals surface area contributed by atoms with E-state index in [9.17, 15) is 4.79 Å². The van der Waals surface area contributed by atoms with Crippen molar-refractivity contribution in [1.82, 2.24) is 14.8 Å². The van der Waals surface area contributed by atoms with Gasteiger partial charge in [0, 0.05) is 11.7 Å². The summed E-state index contributed by atoms with van der Waals surface area (Å²) in [7, 11) is 0. The van der Waals surface area contributed by atoms with E-state index in [1.165, 1.54) is 17.3 Å². The summed E-state index contributed by atoms with van der Waals surface area (Å²) in [6.07, 6.45) is 1.72. The molecule has 1 atom stereocenters. The number of aromatic nitrogens is 3. The van der Waals surface area contributed by atoms with E-state index in [1.807, 2.05) is 71.8 Å². The molecule has 2 aromatic carbocycles. The average molecular weight is 381 g/mol. The van der Waals surface area contributed by atoms with Crippen LogP contribution in [0.3, 0.4) is 0 Å². The van der Waals surface area contributed by atoms with Crippen LogP contribution in [0.5, 0.6) is 0 Å². The number of carbonyl (C=O) groups is 1. The van der Waals surface area contributed by atoms with E-state index >= 15 is 0 Å². The van der Waals surface area contributed by atoms with Crippen LogP contribution in [0.1, 0.15) is 32.4 Å². The van der Waals surface area contributed by atoms with Gasteiger partial charge in [0.15, 0.2) is 5.16 Å². The lowest BCUT2D eigenvalue weighted by Crippen LogP contribution is -2.38. The molecule has 3 rings (SSSR count). The van der Waals surface area contributed by atoms with Gasteiger partial charge in [0.1, 0.15) is 6.33 Å². The number of amides is 1. The van der Waals surface area contributed by atoms with Gasteiger partial charge < -0.3 is 9.47 Å². The fourth-order valence-electron chi connectivity index (χ4n) is 3.01. The summed E-state index contributed by atoms with van der Waals surface area (Å²) in [5.74, 6) is 0.371. The van der Waals surface area contributed by atoms with Crippen molar-refractivity contribution in [2.24, 2.45) is 0 Å². The summed E-state index contributed by atoms with van der Waals surface area (Å²) in [4.78, 5) is 14.7.